The molecular formula is C12H15BrO5. The summed E-state index contributed by atoms with van der Waals surface area (Å²) in [7, 11) is 1.35. The number of halogens is 1. The van der Waals surface area contributed by atoms with Crippen LogP contribution in [0.2, 0.25) is 0 Å². The van der Waals surface area contributed by atoms with Gasteiger partial charge in [0, 0.05) is 5.33 Å². The van der Waals surface area contributed by atoms with Crippen LogP contribution in [0.4, 0.5) is 0 Å². The molecular weight excluding hydrogens is 304 g/mol. The number of hydrogen-bond acceptors (Lipinski definition) is 4. The van der Waals surface area contributed by atoms with Crippen molar-refractivity contribution in [1.82, 2.24) is 0 Å². The van der Waals surface area contributed by atoms with Gasteiger partial charge in [-0.15, -0.1) is 0 Å². The van der Waals surface area contributed by atoms with Crippen LogP contribution < -0.4 is 4.74 Å². The number of aromatic carboxylic acids is 1. The van der Waals surface area contributed by atoms with Crippen LogP contribution >= 0.6 is 15.9 Å². The highest BCUT2D eigenvalue weighted by Crippen LogP contribution is 2.26. The van der Waals surface area contributed by atoms with Crippen LogP contribution in [0.15, 0.2) is 18.2 Å². The largest absolute Gasteiger partial charge is 0.496 e. The molecule has 18 heavy (non-hydrogen) atoms. The number of aliphatic hydroxyl groups excluding tert-OH is 2. The van der Waals surface area contributed by atoms with Crippen LogP contribution in [-0.4, -0.2) is 39.8 Å². The van der Waals surface area contributed by atoms with Crippen LogP contribution in [-0.2, 0) is 0 Å². The van der Waals surface area contributed by atoms with Gasteiger partial charge in [0.2, 0.25) is 0 Å². The summed E-state index contributed by atoms with van der Waals surface area (Å²) in [5.41, 5.74) is 0.439. The molecule has 0 radical (unpaired) electrons. The van der Waals surface area contributed by atoms with Crippen molar-refractivity contribution in [3.05, 3.63) is 29.3 Å². The van der Waals surface area contributed by atoms with E-state index < -0.39 is 18.2 Å². The van der Waals surface area contributed by atoms with Gasteiger partial charge >= 0.3 is 5.97 Å². The molecule has 0 spiro atoms. The highest BCUT2D eigenvalue weighted by atomic mass is 79.9. The molecule has 0 aliphatic heterocycles. The van der Waals surface area contributed by atoms with Gasteiger partial charge in [0.15, 0.2) is 0 Å². The number of methoxy groups -OCH3 is 1. The van der Waals surface area contributed by atoms with Crippen molar-refractivity contribution in [3.63, 3.8) is 0 Å². The Balaban J connectivity index is 3.01. The molecule has 6 heteroatoms. The fourth-order valence-electron chi connectivity index (χ4n) is 1.56. The number of carboxylic acids is 1. The summed E-state index contributed by atoms with van der Waals surface area (Å²) in [5, 5.41) is 29.1. The summed E-state index contributed by atoms with van der Waals surface area (Å²) in [6.45, 7) is 0. The third kappa shape index (κ3) is 3.44. The van der Waals surface area contributed by atoms with Gasteiger partial charge in [-0.1, -0.05) is 22.0 Å². The Labute approximate surface area is 113 Å². The second-order valence-corrected chi connectivity index (χ2v) is 4.55. The molecule has 0 aliphatic rings. The number of alkyl halides is 1. The van der Waals surface area contributed by atoms with E-state index in [0.717, 1.165) is 0 Å². The number of rotatable bonds is 6. The second-order valence-electron chi connectivity index (χ2n) is 3.75. The van der Waals surface area contributed by atoms with E-state index in [9.17, 15) is 15.0 Å². The smallest absolute Gasteiger partial charge is 0.339 e. The lowest BCUT2D eigenvalue weighted by Gasteiger charge is -2.18. The summed E-state index contributed by atoms with van der Waals surface area (Å²) in [6, 6.07) is 4.24. The Kier molecular flexibility index (Phi) is 5.58. The first-order chi connectivity index (χ1) is 8.51. The summed E-state index contributed by atoms with van der Waals surface area (Å²) in [5.74, 6) is -0.945. The van der Waals surface area contributed by atoms with Gasteiger partial charge in [-0.25, -0.2) is 4.79 Å². The maximum Gasteiger partial charge on any atom is 0.339 e. The molecule has 1 aromatic carbocycles. The SMILES string of the molecule is COc1cc(C(O)C(O)CCBr)ccc1C(=O)O. The van der Waals surface area contributed by atoms with Crippen molar-refractivity contribution in [2.24, 2.45) is 0 Å². The Morgan fingerprint density at radius 1 is 1.44 bits per heavy atom. The van der Waals surface area contributed by atoms with E-state index in [4.69, 9.17) is 9.84 Å². The van der Waals surface area contributed by atoms with Crippen molar-refractivity contribution >= 4 is 21.9 Å². The Hall–Kier alpha value is -1.11. The average Bonchev–Trinajstić information content (AvgIpc) is 2.37. The maximum atomic E-state index is 10.9. The summed E-state index contributed by atoms with van der Waals surface area (Å²) in [6.07, 6.45) is -1.59. The topological polar surface area (TPSA) is 87.0 Å². The zero-order valence-corrected chi connectivity index (χ0v) is 11.4. The fourth-order valence-corrected chi connectivity index (χ4v) is 2.03. The Bertz CT molecular complexity index is 421. The van der Waals surface area contributed by atoms with E-state index in [2.05, 4.69) is 15.9 Å². The van der Waals surface area contributed by atoms with Crippen molar-refractivity contribution in [2.75, 3.05) is 12.4 Å². The number of carboxylic acid groups (broad SMARTS) is 1. The standard InChI is InChI=1S/C12H15BrO5/c1-18-10-6-7(2-3-8(10)12(16)17)11(15)9(14)4-5-13/h2-3,6,9,11,14-15H,4-5H2,1H3,(H,16,17). The quantitative estimate of drug-likeness (QED) is 0.693. The van der Waals surface area contributed by atoms with E-state index in [1.165, 1.54) is 25.3 Å². The normalized spacial score (nSPS) is 14.0. The van der Waals surface area contributed by atoms with Gasteiger partial charge in [0.05, 0.1) is 13.2 Å². The molecule has 0 bridgehead atoms. The molecule has 2 unspecified atom stereocenters. The van der Waals surface area contributed by atoms with E-state index in [0.29, 0.717) is 17.3 Å². The van der Waals surface area contributed by atoms with Gasteiger partial charge in [-0.2, -0.15) is 0 Å². The van der Waals surface area contributed by atoms with Crippen molar-refractivity contribution in [2.45, 2.75) is 18.6 Å². The molecule has 3 N–H and O–H groups in total. The summed E-state index contributed by atoms with van der Waals surface area (Å²) in [4.78, 5) is 10.9. The molecule has 0 heterocycles. The van der Waals surface area contributed by atoms with Crippen LogP contribution in [0, 0.1) is 0 Å². The number of benzene rings is 1. The van der Waals surface area contributed by atoms with E-state index in [1.54, 1.807) is 0 Å². The first-order valence-electron chi connectivity index (χ1n) is 5.34. The van der Waals surface area contributed by atoms with Crippen LogP contribution in [0.1, 0.15) is 28.4 Å². The number of aliphatic hydroxyl groups is 2. The fraction of sp³-hybridized carbons (Fsp3) is 0.417. The lowest BCUT2D eigenvalue weighted by atomic mass is 10.0. The predicted octanol–water partition coefficient (Wildman–Crippen LogP) is 1.57. The third-order valence-corrected chi connectivity index (χ3v) is 3.02. The molecule has 1 aromatic rings. The molecule has 0 fully saturated rings. The van der Waals surface area contributed by atoms with Crippen molar-refractivity contribution in [3.8, 4) is 5.75 Å². The average molecular weight is 319 g/mol. The second kappa shape index (κ2) is 6.72. The Morgan fingerprint density at radius 2 is 2.11 bits per heavy atom. The molecule has 100 valence electrons. The van der Waals surface area contributed by atoms with Gasteiger partial charge in [0.25, 0.3) is 0 Å². The molecule has 5 nitrogen and oxygen atoms in total. The molecule has 2 atom stereocenters. The van der Waals surface area contributed by atoms with Gasteiger partial charge < -0.3 is 20.1 Å². The van der Waals surface area contributed by atoms with Gasteiger partial charge in [-0.3, -0.25) is 0 Å². The molecule has 1 rings (SSSR count). The van der Waals surface area contributed by atoms with Crippen LogP contribution in [0.25, 0.3) is 0 Å². The molecule has 0 amide bonds. The minimum absolute atomic E-state index is 0.0171. The van der Waals surface area contributed by atoms with E-state index in [-0.39, 0.29) is 11.3 Å². The molecule has 0 aliphatic carbocycles. The lowest BCUT2D eigenvalue weighted by molar-refractivity contribution is 0.0172. The molecule has 0 saturated carbocycles. The highest BCUT2D eigenvalue weighted by Gasteiger charge is 2.20. The summed E-state index contributed by atoms with van der Waals surface area (Å²) < 4.78 is 4.95. The van der Waals surface area contributed by atoms with Crippen LogP contribution in [0.3, 0.4) is 0 Å². The zero-order chi connectivity index (χ0) is 13.7. The third-order valence-electron chi connectivity index (χ3n) is 2.57. The first kappa shape index (κ1) is 14.9. The van der Waals surface area contributed by atoms with Gasteiger partial charge in [-0.05, 0) is 24.1 Å². The van der Waals surface area contributed by atoms with E-state index >= 15 is 0 Å². The van der Waals surface area contributed by atoms with Crippen molar-refractivity contribution < 1.29 is 24.9 Å². The number of carbonyl (C=O) groups is 1. The minimum Gasteiger partial charge on any atom is -0.496 e. The number of hydrogen-bond donors (Lipinski definition) is 3. The van der Waals surface area contributed by atoms with Gasteiger partial charge in [0.1, 0.15) is 17.4 Å². The maximum absolute atomic E-state index is 10.9. The molecule has 0 saturated heterocycles. The number of ether oxygens (including phenoxy) is 1. The minimum atomic E-state index is -1.10. The Morgan fingerprint density at radius 3 is 2.61 bits per heavy atom. The molecule has 0 aromatic heterocycles. The van der Waals surface area contributed by atoms with E-state index in [1.807, 2.05) is 0 Å². The monoisotopic (exact) mass is 318 g/mol. The zero-order valence-electron chi connectivity index (χ0n) is 9.84. The lowest BCUT2D eigenvalue weighted by Crippen LogP contribution is -2.18. The van der Waals surface area contributed by atoms with Crippen molar-refractivity contribution in [1.29, 1.82) is 0 Å². The highest BCUT2D eigenvalue weighted by molar-refractivity contribution is 9.09. The van der Waals surface area contributed by atoms with Crippen LogP contribution in [0.5, 0.6) is 5.75 Å². The predicted molar refractivity (Wildman–Crippen MR) is 69.3 cm³/mol. The summed E-state index contributed by atoms with van der Waals surface area (Å²) >= 11 is 3.18. The first-order valence-corrected chi connectivity index (χ1v) is 6.46.